The van der Waals surface area contributed by atoms with Gasteiger partial charge in [-0.15, -0.1) is 0 Å². The first-order valence-electron chi connectivity index (χ1n) is 13.3. The summed E-state index contributed by atoms with van der Waals surface area (Å²) in [7, 11) is 1.65. The van der Waals surface area contributed by atoms with Gasteiger partial charge in [-0.05, 0) is 46.5 Å². The van der Waals surface area contributed by atoms with E-state index in [1.807, 2.05) is 27.7 Å². The summed E-state index contributed by atoms with van der Waals surface area (Å²) in [4.78, 5) is 24.3. The third-order valence-electron chi connectivity index (χ3n) is 6.22. The fourth-order valence-electron chi connectivity index (χ4n) is 3.43. The lowest BCUT2D eigenvalue weighted by Crippen LogP contribution is -2.46. The van der Waals surface area contributed by atoms with Gasteiger partial charge in [-0.25, -0.2) is 0 Å². The summed E-state index contributed by atoms with van der Waals surface area (Å²) >= 11 is 0. The van der Waals surface area contributed by atoms with Crippen molar-refractivity contribution in [1.82, 2.24) is 15.2 Å². The van der Waals surface area contributed by atoms with Crippen LogP contribution in [0.1, 0.15) is 72.3 Å². The van der Waals surface area contributed by atoms with Gasteiger partial charge in [0.2, 0.25) is 5.91 Å². The molecule has 1 heterocycles. The Kier molecular flexibility index (Phi) is 14.7. The first-order valence-corrected chi connectivity index (χ1v) is 13.3. The van der Waals surface area contributed by atoms with Crippen LogP contribution in [0.2, 0.25) is 0 Å². The lowest BCUT2D eigenvalue weighted by Gasteiger charge is -2.28. The fraction of sp³-hybridized carbons (Fsp3) is 0.778. The van der Waals surface area contributed by atoms with E-state index in [-0.39, 0.29) is 41.5 Å². The topological polar surface area (TPSA) is 141 Å². The fourth-order valence-corrected chi connectivity index (χ4v) is 3.43. The van der Waals surface area contributed by atoms with Crippen LogP contribution in [0.4, 0.5) is 0 Å². The quantitative estimate of drug-likeness (QED) is 0.184. The molecule has 1 aromatic rings. The number of amides is 2. The maximum atomic E-state index is 12.3. The highest BCUT2D eigenvalue weighted by Crippen LogP contribution is 2.33. The van der Waals surface area contributed by atoms with Crippen LogP contribution in [0.15, 0.2) is 6.07 Å². The highest BCUT2D eigenvalue weighted by molar-refractivity contribution is 5.84. The van der Waals surface area contributed by atoms with E-state index in [9.17, 15) is 19.8 Å². The third kappa shape index (κ3) is 12.5. The predicted octanol–water partition coefficient (Wildman–Crippen LogP) is 2.68. The standard InChI is InChI=1S/C27H49N3O8/c1-20(2)21-19-23(32)30(24(21)33)13-8-9-22(31)28-11-15-36-17-18-37-16-12-29-25(34)27(5,6)38-14-10-26(3,4)35-7/h19-20,32-33H,8-18H2,1-7H3,(H,28,31)(H,29,34). The number of aromatic hydroxyl groups is 2. The Balaban J connectivity index is 2.04. The molecule has 0 radical (unpaired) electrons. The first-order chi connectivity index (χ1) is 17.8. The molecule has 220 valence electrons. The number of carbonyl (C=O) groups is 2. The summed E-state index contributed by atoms with van der Waals surface area (Å²) in [5.41, 5.74) is -0.558. The average molecular weight is 544 g/mol. The summed E-state index contributed by atoms with van der Waals surface area (Å²) < 4.78 is 23.4. The zero-order chi connectivity index (χ0) is 28.8. The van der Waals surface area contributed by atoms with Gasteiger partial charge in [0, 0.05) is 44.8 Å². The molecular formula is C27H49N3O8. The highest BCUT2D eigenvalue weighted by Gasteiger charge is 2.29. The maximum absolute atomic E-state index is 12.3. The van der Waals surface area contributed by atoms with E-state index in [4.69, 9.17) is 18.9 Å². The Morgan fingerprint density at radius 2 is 1.58 bits per heavy atom. The van der Waals surface area contributed by atoms with Gasteiger partial charge in [0.15, 0.2) is 11.8 Å². The van der Waals surface area contributed by atoms with Crippen molar-refractivity contribution in [3.63, 3.8) is 0 Å². The molecule has 1 aromatic heterocycles. The highest BCUT2D eigenvalue weighted by atomic mass is 16.5. The Morgan fingerprint density at radius 1 is 0.974 bits per heavy atom. The molecule has 0 fully saturated rings. The van der Waals surface area contributed by atoms with Crippen molar-refractivity contribution >= 4 is 11.8 Å². The van der Waals surface area contributed by atoms with E-state index in [1.54, 1.807) is 27.0 Å². The van der Waals surface area contributed by atoms with Crippen molar-refractivity contribution in [2.45, 2.75) is 84.5 Å². The smallest absolute Gasteiger partial charge is 0.251 e. The number of rotatable bonds is 20. The van der Waals surface area contributed by atoms with Crippen LogP contribution < -0.4 is 10.6 Å². The molecule has 11 nitrogen and oxygen atoms in total. The molecule has 0 saturated carbocycles. The van der Waals surface area contributed by atoms with E-state index in [1.165, 1.54) is 4.57 Å². The van der Waals surface area contributed by atoms with E-state index in [2.05, 4.69) is 10.6 Å². The Bertz CT molecular complexity index is 852. The predicted molar refractivity (Wildman–Crippen MR) is 144 cm³/mol. The number of methoxy groups -OCH3 is 1. The minimum absolute atomic E-state index is 0.000353. The monoisotopic (exact) mass is 543 g/mol. The largest absolute Gasteiger partial charge is 0.494 e. The molecule has 38 heavy (non-hydrogen) atoms. The Labute approximate surface area is 227 Å². The molecular weight excluding hydrogens is 494 g/mol. The lowest BCUT2D eigenvalue weighted by atomic mass is 10.1. The van der Waals surface area contributed by atoms with Crippen LogP contribution in [-0.2, 0) is 35.1 Å². The molecule has 11 heteroatoms. The second kappa shape index (κ2) is 16.6. The van der Waals surface area contributed by atoms with Crippen molar-refractivity contribution < 1.29 is 38.7 Å². The molecule has 0 aliphatic carbocycles. The average Bonchev–Trinajstić information content (AvgIpc) is 3.13. The van der Waals surface area contributed by atoms with Crippen LogP contribution in [0, 0.1) is 0 Å². The molecule has 0 bridgehead atoms. The van der Waals surface area contributed by atoms with Crippen LogP contribution >= 0.6 is 0 Å². The van der Waals surface area contributed by atoms with E-state index >= 15 is 0 Å². The lowest BCUT2D eigenvalue weighted by molar-refractivity contribution is -0.145. The van der Waals surface area contributed by atoms with Crippen LogP contribution in [0.25, 0.3) is 0 Å². The van der Waals surface area contributed by atoms with E-state index in [0.29, 0.717) is 71.1 Å². The Morgan fingerprint density at radius 3 is 2.13 bits per heavy atom. The summed E-state index contributed by atoms with van der Waals surface area (Å²) in [6, 6.07) is 1.56. The van der Waals surface area contributed by atoms with Crippen molar-refractivity contribution in [1.29, 1.82) is 0 Å². The van der Waals surface area contributed by atoms with Gasteiger partial charge in [-0.2, -0.15) is 0 Å². The number of nitrogens with zero attached hydrogens (tertiary/aromatic N) is 1. The number of nitrogens with one attached hydrogen (secondary N) is 2. The normalized spacial score (nSPS) is 12.2. The van der Waals surface area contributed by atoms with Crippen molar-refractivity contribution in [3.05, 3.63) is 11.6 Å². The van der Waals surface area contributed by atoms with Crippen LogP contribution in [-0.4, -0.2) is 91.0 Å². The van der Waals surface area contributed by atoms with Gasteiger partial charge in [0.1, 0.15) is 5.60 Å². The minimum atomic E-state index is -0.944. The van der Waals surface area contributed by atoms with Crippen molar-refractivity contribution in [3.8, 4) is 11.8 Å². The van der Waals surface area contributed by atoms with Gasteiger partial charge in [-0.3, -0.25) is 14.2 Å². The summed E-state index contributed by atoms with van der Waals surface area (Å²) in [6.45, 7) is 14.2. The second-order valence-electron chi connectivity index (χ2n) is 10.6. The van der Waals surface area contributed by atoms with E-state index < -0.39 is 5.60 Å². The number of hydrogen-bond donors (Lipinski definition) is 4. The third-order valence-corrected chi connectivity index (χ3v) is 6.22. The van der Waals surface area contributed by atoms with Crippen molar-refractivity contribution in [2.24, 2.45) is 0 Å². The van der Waals surface area contributed by atoms with E-state index in [0.717, 1.165) is 0 Å². The maximum Gasteiger partial charge on any atom is 0.251 e. The molecule has 0 aliphatic heterocycles. The minimum Gasteiger partial charge on any atom is -0.494 e. The van der Waals surface area contributed by atoms with Crippen LogP contribution in [0.3, 0.4) is 0 Å². The van der Waals surface area contributed by atoms with Gasteiger partial charge >= 0.3 is 0 Å². The SMILES string of the molecule is COC(C)(C)CCOC(C)(C)C(=O)NCCOCCOCCNC(=O)CCCn1c(O)cc(C(C)C)c1O. The molecule has 0 aromatic carbocycles. The number of hydrogen-bond acceptors (Lipinski definition) is 8. The zero-order valence-corrected chi connectivity index (χ0v) is 24.2. The summed E-state index contributed by atoms with van der Waals surface area (Å²) in [6.07, 6.45) is 1.44. The molecule has 0 spiro atoms. The molecule has 1 rings (SSSR count). The van der Waals surface area contributed by atoms with Gasteiger partial charge < -0.3 is 39.8 Å². The number of carbonyl (C=O) groups excluding carboxylic acids is 2. The molecule has 0 atom stereocenters. The molecule has 0 unspecified atom stereocenters. The number of aromatic nitrogens is 1. The summed E-state index contributed by atoms with van der Waals surface area (Å²) in [5, 5.41) is 25.8. The molecule has 4 N–H and O–H groups in total. The molecule has 2 amide bonds. The van der Waals surface area contributed by atoms with Crippen LogP contribution in [0.5, 0.6) is 11.8 Å². The number of ether oxygens (including phenoxy) is 4. The zero-order valence-electron chi connectivity index (χ0n) is 24.2. The first kappa shape index (κ1) is 33.7. The van der Waals surface area contributed by atoms with Crippen molar-refractivity contribution in [2.75, 3.05) is 53.2 Å². The summed E-state index contributed by atoms with van der Waals surface area (Å²) in [5.74, 6) is -0.179. The second-order valence-corrected chi connectivity index (χ2v) is 10.6. The van der Waals surface area contributed by atoms with Gasteiger partial charge in [0.05, 0.1) is 38.6 Å². The molecule has 0 saturated heterocycles. The molecule has 0 aliphatic rings. The van der Waals surface area contributed by atoms with Gasteiger partial charge in [0.25, 0.3) is 5.91 Å². The Hall–Kier alpha value is -2.34. The van der Waals surface area contributed by atoms with Gasteiger partial charge in [-0.1, -0.05) is 13.8 Å².